The molecule has 0 bridgehead atoms. The first-order valence-corrected chi connectivity index (χ1v) is 8.07. The molecule has 0 aliphatic carbocycles. The number of hydrogen-bond acceptors (Lipinski definition) is 1. The number of aliphatic imine (C=N–C) groups is 1. The normalized spacial score (nSPS) is 11.1. The molecular weight excluding hydrogens is 343 g/mol. The molecule has 0 aromatic heterocycles. The van der Waals surface area contributed by atoms with Gasteiger partial charge in [0.25, 0.3) is 0 Å². The van der Waals surface area contributed by atoms with Gasteiger partial charge in [-0.3, -0.25) is 0 Å². The van der Waals surface area contributed by atoms with Gasteiger partial charge in [-0.2, -0.15) is 0 Å². The highest BCUT2D eigenvalue weighted by Crippen LogP contribution is 2.27. The topological polar surface area (TPSA) is 15.6 Å². The highest BCUT2D eigenvalue weighted by molar-refractivity contribution is 9.10. The third-order valence-electron chi connectivity index (χ3n) is 3.68. The average Bonchev–Trinajstić information content (AvgIpc) is 2.50. The Morgan fingerprint density at radius 2 is 1.95 bits per heavy atom. The van der Waals surface area contributed by atoms with E-state index < -0.39 is 0 Å². The smallest absolute Gasteiger partial charge is 0.125 e. The molecule has 2 rings (SSSR count). The predicted molar refractivity (Wildman–Crippen MR) is 94.5 cm³/mol. The minimum atomic E-state index is -0.251. The maximum absolute atomic E-state index is 13.9. The van der Waals surface area contributed by atoms with Gasteiger partial charge in [0.15, 0.2) is 0 Å². The second-order valence-corrected chi connectivity index (χ2v) is 6.15. The van der Waals surface area contributed by atoms with E-state index in [1.54, 1.807) is 12.4 Å². The van der Waals surface area contributed by atoms with Crippen molar-refractivity contribution in [2.24, 2.45) is 4.99 Å². The molecule has 116 valence electrons. The van der Waals surface area contributed by atoms with E-state index in [0.717, 1.165) is 27.7 Å². The molecule has 2 aromatic rings. The summed E-state index contributed by atoms with van der Waals surface area (Å²) in [7, 11) is 1.94. The SMILES string of the molecule is CCN(C)/C=N\c1cc(F)cc(Cc2ccccc2Br)c1C. The lowest BCUT2D eigenvalue weighted by Crippen LogP contribution is -2.14. The van der Waals surface area contributed by atoms with Crippen molar-refractivity contribution < 1.29 is 4.39 Å². The summed E-state index contributed by atoms with van der Waals surface area (Å²) in [4.78, 5) is 6.37. The molecule has 2 aromatic carbocycles. The van der Waals surface area contributed by atoms with Crippen molar-refractivity contribution in [3.8, 4) is 0 Å². The minimum absolute atomic E-state index is 0.251. The maximum Gasteiger partial charge on any atom is 0.125 e. The van der Waals surface area contributed by atoms with E-state index in [9.17, 15) is 4.39 Å². The Kier molecular flexibility index (Phi) is 5.72. The van der Waals surface area contributed by atoms with E-state index >= 15 is 0 Å². The van der Waals surface area contributed by atoms with Gasteiger partial charge in [-0.15, -0.1) is 0 Å². The second kappa shape index (κ2) is 7.54. The van der Waals surface area contributed by atoms with Crippen LogP contribution in [0.3, 0.4) is 0 Å². The van der Waals surface area contributed by atoms with Crippen LogP contribution in [0.4, 0.5) is 10.1 Å². The zero-order valence-corrected chi connectivity index (χ0v) is 14.7. The van der Waals surface area contributed by atoms with Crippen LogP contribution in [0.25, 0.3) is 0 Å². The van der Waals surface area contributed by atoms with Crippen molar-refractivity contribution in [3.63, 3.8) is 0 Å². The summed E-state index contributed by atoms with van der Waals surface area (Å²) >= 11 is 3.54. The standard InChI is InChI=1S/C18H20BrFN2/c1-4-22(3)12-21-18-11-16(20)10-15(13(18)2)9-14-7-5-6-8-17(14)19/h5-8,10-12H,4,9H2,1-3H3/b21-12-. The molecule has 0 saturated carbocycles. The molecule has 0 amide bonds. The van der Waals surface area contributed by atoms with Gasteiger partial charge in [0.2, 0.25) is 0 Å². The van der Waals surface area contributed by atoms with Crippen LogP contribution < -0.4 is 0 Å². The van der Waals surface area contributed by atoms with Crippen LogP contribution in [-0.4, -0.2) is 24.8 Å². The Morgan fingerprint density at radius 1 is 1.23 bits per heavy atom. The van der Waals surface area contributed by atoms with E-state index in [4.69, 9.17) is 0 Å². The molecule has 0 saturated heterocycles. The third-order valence-corrected chi connectivity index (χ3v) is 4.46. The Hall–Kier alpha value is -1.68. The highest BCUT2D eigenvalue weighted by atomic mass is 79.9. The van der Waals surface area contributed by atoms with E-state index in [2.05, 4.69) is 20.9 Å². The van der Waals surface area contributed by atoms with Crippen molar-refractivity contribution in [1.29, 1.82) is 0 Å². The van der Waals surface area contributed by atoms with Gasteiger partial charge in [0, 0.05) is 18.1 Å². The Balaban J connectivity index is 2.35. The van der Waals surface area contributed by atoms with Gasteiger partial charge in [0.1, 0.15) is 5.82 Å². The zero-order chi connectivity index (χ0) is 16.1. The molecule has 0 aliphatic rings. The lowest BCUT2D eigenvalue weighted by Gasteiger charge is -2.12. The number of nitrogens with zero attached hydrogens (tertiary/aromatic N) is 2. The molecule has 0 heterocycles. The summed E-state index contributed by atoms with van der Waals surface area (Å²) < 4.78 is 15.0. The van der Waals surface area contributed by atoms with E-state index in [-0.39, 0.29) is 5.82 Å². The molecule has 2 nitrogen and oxygen atoms in total. The number of hydrogen-bond donors (Lipinski definition) is 0. The van der Waals surface area contributed by atoms with E-state index in [0.29, 0.717) is 12.1 Å². The number of benzene rings is 2. The number of halogens is 2. The lowest BCUT2D eigenvalue weighted by atomic mass is 9.99. The fraction of sp³-hybridized carbons (Fsp3) is 0.278. The fourth-order valence-electron chi connectivity index (χ4n) is 2.13. The predicted octanol–water partition coefficient (Wildman–Crippen LogP) is 5.10. The molecule has 0 unspecified atom stereocenters. The molecular formula is C18H20BrFN2. The lowest BCUT2D eigenvalue weighted by molar-refractivity contribution is 0.552. The van der Waals surface area contributed by atoms with Gasteiger partial charge in [-0.25, -0.2) is 9.38 Å². The van der Waals surface area contributed by atoms with E-state index in [1.165, 1.54) is 6.07 Å². The zero-order valence-electron chi connectivity index (χ0n) is 13.1. The van der Waals surface area contributed by atoms with Gasteiger partial charge in [-0.1, -0.05) is 34.1 Å². The molecule has 4 heteroatoms. The molecule has 0 aliphatic heterocycles. The molecule has 0 fully saturated rings. The van der Waals surface area contributed by atoms with Crippen LogP contribution in [0.5, 0.6) is 0 Å². The van der Waals surface area contributed by atoms with Crippen LogP contribution >= 0.6 is 15.9 Å². The average molecular weight is 363 g/mol. The van der Waals surface area contributed by atoms with Crippen molar-refractivity contribution in [3.05, 3.63) is 63.4 Å². The first-order valence-electron chi connectivity index (χ1n) is 7.28. The molecule has 0 N–H and O–H groups in total. The number of rotatable bonds is 5. The summed E-state index contributed by atoms with van der Waals surface area (Å²) in [6, 6.07) is 11.1. The summed E-state index contributed by atoms with van der Waals surface area (Å²) in [5.41, 5.74) is 3.79. The first-order chi connectivity index (χ1) is 10.5. The quantitative estimate of drug-likeness (QED) is 0.533. The van der Waals surface area contributed by atoms with Crippen LogP contribution in [0.2, 0.25) is 0 Å². The second-order valence-electron chi connectivity index (χ2n) is 5.30. The van der Waals surface area contributed by atoms with Gasteiger partial charge in [-0.05, 0) is 55.2 Å². The van der Waals surface area contributed by atoms with Gasteiger partial charge < -0.3 is 4.90 Å². The van der Waals surface area contributed by atoms with E-state index in [1.807, 2.05) is 50.1 Å². The first kappa shape index (κ1) is 16.7. The largest absolute Gasteiger partial charge is 0.366 e. The minimum Gasteiger partial charge on any atom is -0.366 e. The molecule has 0 atom stereocenters. The molecule has 0 radical (unpaired) electrons. The van der Waals surface area contributed by atoms with Crippen LogP contribution in [-0.2, 0) is 6.42 Å². The monoisotopic (exact) mass is 362 g/mol. The molecule has 0 spiro atoms. The van der Waals surface area contributed by atoms with Crippen molar-refractivity contribution >= 4 is 28.0 Å². The third kappa shape index (κ3) is 4.17. The fourth-order valence-corrected chi connectivity index (χ4v) is 2.55. The van der Waals surface area contributed by atoms with Gasteiger partial charge in [0.05, 0.1) is 12.0 Å². The highest BCUT2D eigenvalue weighted by Gasteiger charge is 2.09. The summed E-state index contributed by atoms with van der Waals surface area (Å²) in [6.07, 6.45) is 2.42. The Morgan fingerprint density at radius 3 is 2.64 bits per heavy atom. The van der Waals surface area contributed by atoms with Crippen molar-refractivity contribution in [2.45, 2.75) is 20.3 Å². The van der Waals surface area contributed by atoms with Crippen LogP contribution in [0, 0.1) is 12.7 Å². The van der Waals surface area contributed by atoms with Crippen LogP contribution in [0.1, 0.15) is 23.6 Å². The Labute approximate surface area is 139 Å². The molecule has 22 heavy (non-hydrogen) atoms. The summed E-state index contributed by atoms with van der Waals surface area (Å²) in [5.74, 6) is -0.251. The van der Waals surface area contributed by atoms with Crippen molar-refractivity contribution in [2.75, 3.05) is 13.6 Å². The maximum atomic E-state index is 13.9. The summed E-state index contributed by atoms with van der Waals surface area (Å²) in [6.45, 7) is 4.90. The van der Waals surface area contributed by atoms with Crippen molar-refractivity contribution in [1.82, 2.24) is 4.90 Å². The summed E-state index contributed by atoms with van der Waals surface area (Å²) in [5, 5.41) is 0. The van der Waals surface area contributed by atoms with Gasteiger partial charge >= 0.3 is 0 Å². The van der Waals surface area contributed by atoms with Crippen LogP contribution in [0.15, 0.2) is 45.9 Å². The Bertz CT molecular complexity index is 683.